The first kappa shape index (κ1) is 19.4. The minimum atomic E-state index is -0.883. The molecule has 7 heteroatoms. The lowest BCUT2D eigenvalue weighted by molar-refractivity contribution is -0.173. The van der Waals surface area contributed by atoms with E-state index in [9.17, 15) is 4.79 Å². The summed E-state index contributed by atoms with van der Waals surface area (Å²) in [5, 5.41) is 4.16. The van der Waals surface area contributed by atoms with Crippen molar-refractivity contribution in [2.45, 2.75) is 24.6 Å². The van der Waals surface area contributed by atoms with Gasteiger partial charge in [0.05, 0.1) is 12.3 Å². The number of thiophene rings is 1. The van der Waals surface area contributed by atoms with Gasteiger partial charge in [0.2, 0.25) is 0 Å². The highest BCUT2D eigenvalue weighted by atomic mass is 32.1. The van der Waals surface area contributed by atoms with Gasteiger partial charge in [-0.15, -0.1) is 0 Å². The standard InChI is InChI=1S/C23H24N4O2S/c28-22-23(29-10-9-27(22)13-18-6-11-30-16-18)17-26(14-20-5-1-2-8-25-20)15-21(23)19-4-3-7-24-12-19/h1-8,11-12,16,21H,9-10,13-15,17H2. The Kier molecular flexibility index (Phi) is 5.33. The fourth-order valence-electron chi connectivity index (χ4n) is 4.60. The molecule has 1 amide bonds. The number of amides is 1. The number of carbonyl (C=O) groups is 1. The van der Waals surface area contributed by atoms with Crippen LogP contribution in [0.25, 0.3) is 0 Å². The van der Waals surface area contributed by atoms with Gasteiger partial charge in [-0.25, -0.2) is 0 Å². The fourth-order valence-corrected chi connectivity index (χ4v) is 5.26. The van der Waals surface area contributed by atoms with Crippen LogP contribution in [0.1, 0.15) is 22.7 Å². The van der Waals surface area contributed by atoms with E-state index in [1.54, 1.807) is 17.5 Å². The Bertz CT molecular complexity index is 983. The van der Waals surface area contributed by atoms with Gasteiger partial charge in [0, 0.05) is 57.2 Å². The summed E-state index contributed by atoms with van der Waals surface area (Å²) in [6.07, 6.45) is 5.44. The van der Waals surface area contributed by atoms with E-state index >= 15 is 0 Å². The highest BCUT2D eigenvalue weighted by molar-refractivity contribution is 7.07. The monoisotopic (exact) mass is 420 g/mol. The number of morpholine rings is 1. The Morgan fingerprint density at radius 1 is 1.17 bits per heavy atom. The predicted octanol–water partition coefficient (Wildman–Crippen LogP) is 2.94. The summed E-state index contributed by atoms with van der Waals surface area (Å²) in [4.78, 5) is 26.8. The third kappa shape index (κ3) is 3.64. The molecule has 1 spiro atoms. The second-order valence-electron chi connectivity index (χ2n) is 7.93. The van der Waals surface area contributed by atoms with E-state index in [1.165, 1.54) is 5.56 Å². The number of likely N-dealkylation sites (tertiary alicyclic amines) is 1. The zero-order valence-corrected chi connectivity index (χ0v) is 17.5. The summed E-state index contributed by atoms with van der Waals surface area (Å²) in [5.41, 5.74) is 2.34. The zero-order valence-electron chi connectivity index (χ0n) is 16.7. The fraction of sp³-hybridized carbons (Fsp3) is 0.348. The number of hydrogen-bond acceptors (Lipinski definition) is 6. The van der Waals surface area contributed by atoms with Crippen molar-refractivity contribution in [3.05, 3.63) is 82.6 Å². The van der Waals surface area contributed by atoms with Gasteiger partial charge in [-0.1, -0.05) is 12.1 Å². The largest absolute Gasteiger partial charge is 0.361 e. The summed E-state index contributed by atoms with van der Waals surface area (Å²) in [7, 11) is 0. The molecule has 6 nitrogen and oxygen atoms in total. The Labute approximate surface area is 180 Å². The molecule has 5 heterocycles. The molecule has 0 N–H and O–H groups in total. The first-order valence-electron chi connectivity index (χ1n) is 10.2. The maximum Gasteiger partial charge on any atom is 0.257 e. The summed E-state index contributed by atoms with van der Waals surface area (Å²) in [6.45, 7) is 3.79. The number of ether oxygens (including phenoxy) is 1. The molecule has 0 bridgehead atoms. The van der Waals surface area contributed by atoms with Crippen LogP contribution in [0.15, 0.2) is 65.7 Å². The Balaban J connectivity index is 1.45. The molecule has 5 rings (SSSR count). The molecule has 0 aliphatic carbocycles. The Hall–Kier alpha value is -2.61. The van der Waals surface area contributed by atoms with E-state index in [1.807, 2.05) is 41.6 Å². The molecule has 30 heavy (non-hydrogen) atoms. The van der Waals surface area contributed by atoms with Crippen molar-refractivity contribution < 1.29 is 9.53 Å². The second-order valence-corrected chi connectivity index (χ2v) is 8.71. The van der Waals surface area contributed by atoms with Gasteiger partial charge in [0.15, 0.2) is 5.60 Å². The van der Waals surface area contributed by atoms with Gasteiger partial charge in [-0.3, -0.25) is 19.7 Å². The molecule has 2 aliphatic rings. The highest BCUT2D eigenvalue weighted by Crippen LogP contribution is 2.42. The first-order chi connectivity index (χ1) is 14.7. The smallest absolute Gasteiger partial charge is 0.257 e. The molecule has 2 unspecified atom stereocenters. The van der Waals surface area contributed by atoms with Crippen LogP contribution in [0.3, 0.4) is 0 Å². The molecular formula is C23H24N4O2S. The maximum absolute atomic E-state index is 13.8. The minimum absolute atomic E-state index is 0.0623. The van der Waals surface area contributed by atoms with E-state index in [0.717, 1.165) is 17.8 Å². The first-order valence-corrected chi connectivity index (χ1v) is 11.2. The predicted molar refractivity (Wildman–Crippen MR) is 115 cm³/mol. The summed E-state index contributed by atoms with van der Waals surface area (Å²) < 4.78 is 6.34. The number of rotatable bonds is 5. The van der Waals surface area contributed by atoms with Crippen LogP contribution in [0, 0.1) is 0 Å². The molecule has 3 aromatic heterocycles. The van der Waals surface area contributed by atoms with Crippen molar-refractivity contribution in [1.29, 1.82) is 0 Å². The lowest BCUT2D eigenvalue weighted by Gasteiger charge is -2.42. The molecule has 154 valence electrons. The van der Waals surface area contributed by atoms with Crippen LogP contribution in [0.5, 0.6) is 0 Å². The van der Waals surface area contributed by atoms with E-state index < -0.39 is 5.60 Å². The zero-order chi connectivity index (χ0) is 20.4. The lowest BCUT2D eigenvalue weighted by Crippen LogP contribution is -2.59. The lowest BCUT2D eigenvalue weighted by atomic mass is 9.83. The summed E-state index contributed by atoms with van der Waals surface area (Å²) in [6, 6.07) is 12.0. The number of pyridine rings is 2. The number of carbonyl (C=O) groups excluding carboxylic acids is 1. The average Bonchev–Trinajstić information content (AvgIpc) is 3.41. The van der Waals surface area contributed by atoms with E-state index in [4.69, 9.17) is 4.74 Å². The Morgan fingerprint density at radius 2 is 2.13 bits per heavy atom. The van der Waals surface area contributed by atoms with E-state index in [-0.39, 0.29) is 11.8 Å². The van der Waals surface area contributed by atoms with Crippen molar-refractivity contribution >= 4 is 17.2 Å². The van der Waals surface area contributed by atoms with E-state index in [0.29, 0.717) is 32.8 Å². The molecule has 2 saturated heterocycles. The quantitative estimate of drug-likeness (QED) is 0.635. The van der Waals surface area contributed by atoms with Gasteiger partial charge in [0.1, 0.15) is 0 Å². The van der Waals surface area contributed by atoms with Crippen LogP contribution in [-0.2, 0) is 22.6 Å². The van der Waals surface area contributed by atoms with Crippen molar-refractivity contribution in [2.75, 3.05) is 26.2 Å². The normalized spacial score (nSPS) is 24.6. The summed E-state index contributed by atoms with van der Waals surface area (Å²) >= 11 is 1.66. The van der Waals surface area contributed by atoms with Crippen molar-refractivity contribution in [1.82, 2.24) is 19.8 Å². The van der Waals surface area contributed by atoms with Gasteiger partial charge >= 0.3 is 0 Å². The van der Waals surface area contributed by atoms with Crippen molar-refractivity contribution in [2.24, 2.45) is 0 Å². The van der Waals surface area contributed by atoms with Crippen LogP contribution >= 0.6 is 11.3 Å². The van der Waals surface area contributed by atoms with Gasteiger partial charge in [0.25, 0.3) is 5.91 Å². The van der Waals surface area contributed by atoms with Crippen LogP contribution in [0.4, 0.5) is 0 Å². The van der Waals surface area contributed by atoms with Gasteiger partial charge < -0.3 is 9.64 Å². The number of nitrogens with zero attached hydrogens (tertiary/aromatic N) is 4. The SMILES string of the molecule is O=C1N(Cc2ccsc2)CCOC12CN(Cc1ccccn1)CC2c1cccnc1. The molecule has 2 aliphatic heterocycles. The molecule has 0 aromatic carbocycles. The number of aromatic nitrogens is 2. The topological polar surface area (TPSA) is 58.6 Å². The van der Waals surface area contributed by atoms with Gasteiger partial charge in [-0.2, -0.15) is 11.3 Å². The van der Waals surface area contributed by atoms with Crippen molar-refractivity contribution in [3.63, 3.8) is 0 Å². The minimum Gasteiger partial charge on any atom is -0.361 e. The molecular weight excluding hydrogens is 396 g/mol. The molecule has 3 aromatic rings. The van der Waals surface area contributed by atoms with Crippen LogP contribution in [-0.4, -0.2) is 57.5 Å². The highest BCUT2D eigenvalue weighted by Gasteiger charge is 2.57. The molecule has 2 atom stereocenters. The number of hydrogen-bond donors (Lipinski definition) is 0. The third-order valence-electron chi connectivity index (χ3n) is 5.98. The third-order valence-corrected chi connectivity index (χ3v) is 6.72. The molecule has 2 fully saturated rings. The molecule has 0 radical (unpaired) electrons. The average molecular weight is 421 g/mol. The Morgan fingerprint density at radius 3 is 2.90 bits per heavy atom. The van der Waals surface area contributed by atoms with E-state index in [2.05, 4.69) is 37.8 Å². The van der Waals surface area contributed by atoms with Crippen LogP contribution in [0.2, 0.25) is 0 Å². The second kappa shape index (κ2) is 8.26. The summed E-state index contributed by atoms with van der Waals surface area (Å²) in [5.74, 6) is 0.0185. The maximum atomic E-state index is 13.8. The molecule has 0 saturated carbocycles. The van der Waals surface area contributed by atoms with Gasteiger partial charge in [-0.05, 0) is 46.2 Å². The van der Waals surface area contributed by atoms with Crippen molar-refractivity contribution in [3.8, 4) is 0 Å². The van der Waals surface area contributed by atoms with Crippen LogP contribution < -0.4 is 0 Å².